The maximum absolute atomic E-state index is 13.4. The summed E-state index contributed by atoms with van der Waals surface area (Å²) < 4.78 is 47.8. The van der Waals surface area contributed by atoms with Gasteiger partial charge in [0.05, 0.1) is 0 Å². The van der Waals surface area contributed by atoms with E-state index < -0.39 is 43.0 Å². The van der Waals surface area contributed by atoms with Crippen molar-refractivity contribution in [2.75, 3.05) is 45.5 Å². The van der Waals surface area contributed by atoms with Crippen molar-refractivity contribution in [1.82, 2.24) is 9.62 Å². The number of halogens is 2. The summed E-state index contributed by atoms with van der Waals surface area (Å²) in [6.45, 7) is 0.775. The zero-order valence-electron chi connectivity index (χ0n) is 23.7. The molecule has 2 aromatic rings. The second-order valence-electron chi connectivity index (χ2n) is 10.2. The molecule has 10 nitrogen and oxygen atoms in total. The van der Waals surface area contributed by atoms with E-state index in [-0.39, 0.29) is 19.9 Å². The maximum atomic E-state index is 13.4. The number of ether oxygens (including phenoxy) is 1. The molecule has 228 valence electrons. The topological polar surface area (TPSA) is 119 Å². The summed E-state index contributed by atoms with van der Waals surface area (Å²) in [6.07, 6.45) is 4.11. The Hall–Kier alpha value is -2.01. The number of rotatable bonds is 14. The minimum absolute atomic E-state index is 0.0379. The fraction of sp³-hybridized carbons (Fsp3) is 0.519. The Labute approximate surface area is 256 Å². The van der Waals surface area contributed by atoms with Crippen LogP contribution in [-0.2, 0) is 19.6 Å². The number of nitrogens with zero attached hydrogens (tertiary/aromatic N) is 3. The van der Waals surface area contributed by atoms with Gasteiger partial charge in [0.2, 0.25) is 0 Å². The van der Waals surface area contributed by atoms with Gasteiger partial charge in [-0.1, -0.05) is 0 Å². The van der Waals surface area contributed by atoms with Crippen LogP contribution in [0.1, 0.15) is 38.5 Å². The molecule has 0 saturated heterocycles. The Balaban J connectivity index is 1.88. The molecule has 0 bridgehead atoms. The van der Waals surface area contributed by atoms with Gasteiger partial charge in [-0.05, 0) is 0 Å². The van der Waals surface area contributed by atoms with Crippen LogP contribution in [0, 0.1) is 14.3 Å². The average molecular weight is 725 g/mol. The van der Waals surface area contributed by atoms with Gasteiger partial charge in [-0.2, -0.15) is 0 Å². The van der Waals surface area contributed by atoms with Crippen molar-refractivity contribution in [3.05, 3.63) is 56.8 Å². The van der Waals surface area contributed by atoms with Gasteiger partial charge in [0.1, 0.15) is 0 Å². The van der Waals surface area contributed by atoms with E-state index in [0.717, 1.165) is 37.1 Å². The van der Waals surface area contributed by atoms with Crippen LogP contribution in [0.2, 0.25) is 0 Å². The van der Waals surface area contributed by atoms with Crippen molar-refractivity contribution >= 4 is 33.4 Å². The van der Waals surface area contributed by atoms with Crippen LogP contribution < -0.4 is 31.1 Å². The average Bonchev–Trinajstić information content (AvgIpc) is 2.93. The molecule has 1 aliphatic carbocycles. The Morgan fingerprint density at radius 3 is 2.41 bits per heavy atom. The van der Waals surface area contributed by atoms with Gasteiger partial charge in [-0.15, -0.1) is 0 Å². The van der Waals surface area contributed by atoms with Crippen molar-refractivity contribution < 1.29 is 52.2 Å². The summed E-state index contributed by atoms with van der Waals surface area (Å²) in [5.74, 6) is -0.368. The van der Waals surface area contributed by atoms with Crippen LogP contribution in [0.4, 0.5) is 10.1 Å². The zero-order chi connectivity index (χ0) is 30.2. The molecule has 14 heteroatoms. The van der Waals surface area contributed by atoms with E-state index in [2.05, 4.69) is 9.62 Å². The summed E-state index contributed by atoms with van der Waals surface area (Å²) in [7, 11) is 2.94. The van der Waals surface area contributed by atoms with E-state index in [9.17, 15) is 27.7 Å². The van der Waals surface area contributed by atoms with E-state index >= 15 is 0 Å². The third-order valence-corrected chi connectivity index (χ3v) is 11.5. The number of thioether (sulfide) groups is 1. The molecule has 2 aromatic carbocycles. The fourth-order valence-corrected chi connectivity index (χ4v) is 8.83. The SMILES string of the molecule is COC1(C(=O)NS(=O)(=O)c2ccc(N(C)[C@H](CCN(C)C)CSc3ccc(F)cc3)c([I-][N+](=O)O)c2)CCCCC1. The summed E-state index contributed by atoms with van der Waals surface area (Å²) in [4.78, 5) is 29.6. The molecule has 1 fully saturated rings. The summed E-state index contributed by atoms with van der Waals surface area (Å²) in [5, 5.41) is 9.61. The van der Waals surface area contributed by atoms with E-state index in [4.69, 9.17) is 4.74 Å². The van der Waals surface area contributed by atoms with Crippen molar-refractivity contribution in [3.8, 4) is 0 Å². The minimum atomic E-state index is -4.27. The van der Waals surface area contributed by atoms with Crippen LogP contribution in [0.25, 0.3) is 0 Å². The summed E-state index contributed by atoms with van der Waals surface area (Å²) >= 11 is -0.110. The second-order valence-corrected chi connectivity index (χ2v) is 15.5. The molecule has 0 aliphatic heterocycles. The Morgan fingerprint density at radius 2 is 1.83 bits per heavy atom. The number of benzene rings is 2. The van der Waals surface area contributed by atoms with Crippen molar-refractivity contribution in [2.24, 2.45) is 0 Å². The Morgan fingerprint density at radius 1 is 1.17 bits per heavy atom. The first-order chi connectivity index (χ1) is 19.4. The molecule has 0 spiro atoms. The molecule has 3 rings (SSSR count). The first kappa shape index (κ1) is 33.5. The van der Waals surface area contributed by atoms with Crippen LogP contribution in [0.15, 0.2) is 52.3 Å². The number of carbonyl (C=O) groups excluding carboxylic acids is 1. The fourth-order valence-electron chi connectivity index (χ4n) is 4.72. The molecule has 0 heterocycles. The normalized spacial score (nSPS) is 16.0. The van der Waals surface area contributed by atoms with Gasteiger partial charge in [0.15, 0.2) is 0 Å². The molecule has 0 aromatic heterocycles. The number of nitrogens with one attached hydrogen (secondary N) is 1. The van der Waals surface area contributed by atoms with Gasteiger partial charge in [0.25, 0.3) is 0 Å². The van der Waals surface area contributed by atoms with Gasteiger partial charge >= 0.3 is 257 Å². The van der Waals surface area contributed by atoms with Crippen LogP contribution in [0.3, 0.4) is 0 Å². The zero-order valence-corrected chi connectivity index (χ0v) is 27.5. The van der Waals surface area contributed by atoms with Crippen LogP contribution >= 0.6 is 11.8 Å². The number of anilines is 1. The number of carbonyl (C=O) groups is 1. The summed E-state index contributed by atoms with van der Waals surface area (Å²) in [5.41, 5.74) is -0.581. The number of sulfonamides is 1. The standard InChI is InChI=1S/C27H38FIN4O6S2/c1-31(2)17-14-21(19-40-22-10-8-20(28)9-11-22)32(3)25-13-12-23(18-24(25)29-33(35)36)41(37,38)30-26(34)27(39-4)15-6-5-7-16-27/h8-13,18,21H,5-7,14-17,19H2,1-4H3,(H,30,34)(H,35,36)/t21-/m1/s1. The predicted molar refractivity (Wildman–Crippen MR) is 151 cm³/mol. The Kier molecular flexibility index (Phi) is 12.2. The van der Waals surface area contributed by atoms with E-state index in [0.29, 0.717) is 27.9 Å². The third kappa shape index (κ3) is 9.24. The van der Waals surface area contributed by atoms with E-state index in [1.54, 1.807) is 30.0 Å². The van der Waals surface area contributed by atoms with Gasteiger partial charge in [-0.3, -0.25) is 0 Å². The first-order valence-electron chi connectivity index (χ1n) is 13.2. The van der Waals surface area contributed by atoms with Crippen molar-refractivity contribution in [3.63, 3.8) is 0 Å². The molecule has 1 saturated carbocycles. The first-order valence-corrected chi connectivity index (χ1v) is 17.7. The molecule has 0 radical (unpaired) electrons. The molecular weight excluding hydrogens is 686 g/mol. The quantitative estimate of drug-likeness (QED) is 0.127. The molecule has 0 unspecified atom stereocenters. The number of methoxy groups -OCH3 is 1. The summed E-state index contributed by atoms with van der Waals surface area (Å²) in [6, 6.07) is 10.6. The van der Waals surface area contributed by atoms with E-state index in [1.165, 1.54) is 31.4 Å². The molecular formula is C27H38FIN4O6S2. The van der Waals surface area contributed by atoms with Gasteiger partial charge in [0, 0.05) is 0 Å². The molecule has 1 amide bonds. The van der Waals surface area contributed by atoms with E-state index in [1.807, 2.05) is 26.0 Å². The van der Waals surface area contributed by atoms with Crippen LogP contribution in [-0.4, -0.2) is 79.8 Å². The molecule has 1 aliphatic rings. The third-order valence-electron chi connectivity index (χ3n) is 7.18. The van der Waals surface area contributed by atoms with Gasteiger partial charge in [-0.25, -0.2) is 0 Å². The number of amides is 1. The Bertz CT molecular complexity index is 1310. The molecule has 1 atom stereocenters. The monoisotopic (exact) mass is 724 g/mol. The molecule has 2 N–H and O–H groups in total. The van der Waals surface area contributed by atoms with Crippen molar-refractivity contribution in [1.29, 1.82) is 0 Å². The molecule has 41 heavy (non-hydrogen) atoms. The number of hydrogen-bond acceptors (Lipinski definition) is 8. The predicted octanol–water partition coefficient (Wildman–Crippen LogP) is 0.870. The van der Waals surface area contributed by atoms with Gasteiger partial charge < -0.3 is 0 Å². The van der Waals surface area contributed by atoms with Crippen molar-refractivity contribution in [2.45, 2.75) is 60.0 Å². The second kappa shape index (κ2) is 14.9. The number of hydrogen-bond donors (Lipinski definition) is 2. The van der Waals surface area contributed by atoms with Crippen LogP contribution in [0.5, 0.6) is 0 Å².